The highest BCUT2D eigenvalue weighted by Crippen LogP contribution is 2.58. The van der Waals surface area contributed by atoms with Crippen LogP contribution in [0.15, 0.2) is 18.3 Å². The molecule has 0 aromatic carbocycles. The van der Waals surface area contributed by atoms with Gasteiger partial charge in [-0.1, -0.05) is 18.2 Å². The lowest BCUT2D eigenvalue weighted by Crippen LogP contribution is -2.42. The molecular formula is C18H19ClFN3O3. The Kier molecular flexibility index (Phi) is 3.22. The van der Waals surface area contributed by atoms with Crippen molar-refractivity contribution in [3.05, 3.63) is 35.1 Å². The second-order valence-electron chi connectivity index (χ2n) is 7.70. The summed E-state index contributed by atoms with van der Waals surface area (Å²) in [5, 5.41) is 0.272. The molecule has 26 heavy (non-hydrogen) atoms. The van der Waals surface area contributed by atoms with Crippen molar-refractivity contribution in [1.29, 1.82) is 0 Å². The van der Waals surface area contributed by atoms with E-state index in [9.17, 15) is 4.39 Å². The average molecular weight is 380 g/mol. The summed E-state index contributed by atoms with van der Waals surface area (Å²) in [7, 11) is 0. The molecule has 1 aliphatic carbocycles. The summed E-state index contributed by atoms with van der Waals surface area (Å²) in [5.74, 6) is -0.778. The van der Waals surface area contributed by atoms with Gasteiger partial charge in [0.15, 0.2) is 17.8 Å². The third-order valence-electron chi connectivity index (χ3n) is 5.48. The van der Waals surface area contributed by atoms with E-state index >= 15 is 0 Å². The van der Waals surface area contributed by atoms with E-state index in [2.05, 4.69) is 16.5 Å². The smallest absolute Gasteiger partial charge is 0.165 e. The highest BCUT2D eigenvalue weighted by molar-refractivity contribution is 6.34. The predicted octanol–water partition coefficient (Wildman–Crippen LogP) is 3.67. The topological polar surface area (TPSA) is 58.4 Å². The maximum Gasteiger partial charge on any atom is 0.165 e. The molecule has 1 spiro atoms. The molecule has 5 rings (SSSR count). The minimum Gasteiger partial charge on any atom is -0.344 e. The van der Waals surface area contributed by atoms with Gasteiger partial charge in [0.1, 0.15) is 34.4 Å². The van der Waals surface area contributed by atoms with Crippen molar-refractivity contribution in [3.63, 3.8) is 0 Å². The summed E-state index contributed by atoms with van der Waals surface area (Å²) in [6.45, 7) is 9.61. The van der Waals surface area contributed by atoms with Gasteiger partial charge in [-0.2, -0.15) is 0 Å². The third-order valence-corrected chi connectivity index (χ3v) is 5.76. The van der Waals surface area contributed by atoms with Crippen LogP contribution in [-0.2, 0) is 14.2 Å². The summed E-state index contributed by atoms with van der Waals surface area (Å²) < 4.78 is 35.0. The monoisotopic (exact) mass is 379 g/mol. The average Bonchev–Trinajstić information content (AvgIpc) is 3.17. The fourth-order valence-electron chi connectivity index (χ4n) is 4.60. The molecule has 0 amide bonds. The minimum atomic E-state index is -0.750. The summed E-state index contributed by atoms with van der Waals surface area (Å²) in [6.07, 6.45) is 1.65. The van der Waals surface area contributed by atoms with Gasteiger partial charge in [0.05, 0.1) is 5.39 Å². The van der Waals surface area contributed by atoms with Gasteiger partial charge in [-0.05, 0) is 39.2 Å². The molecule has 138 valence electrons. The Hall–Kier alpha value is -1.54. The molecule has 6 nitrogen and oxygen atoms in total. The number of ether oxygens (including phenoxy) is 3. The first-order valence-electron chi connectivity index (χ1n) is 8.63. The lowest BCUT2D eigenvalue weighted by molar-refractivity contribution is -0.204. The van der Waals surface area contributed by atoms with Gasteiger partial charge >= 0.3 is 0 Å². The van der Waals surface area contributed by atoms with Gasteiger partial charge in [-0.25, -0.2) is 14.4 Å². The number of nitrogens with zero attached hydrogens (tertiary/aromatic N) is 3. The maximum absolute atomic E-state index is 14.6. The Labute approximate surface area is 154 Å². The van der Waals surface area contributed by atoms with E-state index in [1.165, 1.54) is 6.20 Å². The lowest BCUT2D eigenvalue weighted by Gasteiger charge is -2.27. The summed E-state index contributed by atoms with van der Waals surface area (Å²) in [6, 6.07) is 0. The highest BCUT2D eigenvalue weighted by atomic mass is 35.5. The molecule has 4 atom stereocenters. The Morgan fingerprint density at radius 2 is 2.15 bits per heavy atom. The summed E-state index contributed by atoms with van der Waals surface area (Å²) in [4.78, 5) is 8.44. The number of hydrogen-bond acceptors (Lipinski definition) is 5. The van der Waals surface area contributed by atoms with Crippen LogP contribution in [0.4, 0.5) is 4.39 Å². The zero-order valence-corrected chi connectivity index (χ0v) is 15.5. The molecule has 0 N–H and O–H groups in total. The van der Waals surface area contributed by atoms with E-state index in [0.717, 1.165) is 18.4 Å². The van der Waals surface area contributed by atoms with Gasteiger partial charge in [-0.3, -0.25) is 0 Å². The van der Waals surface area contributed by atoms with E-state index in [-0.39, 0.29) is 16.6 Å². The van der Waals surface area contributed by atoms with Crippen LogP contribution in [0.2, 0.25) is 5.15 Å². The van der Waals surface area contributed by atoms with Crippen LogP contribution in [0.5, 0.6) is 0 Å². The zero-order valence-electron chi connectivity index (χ0n) is 14.8. The molecule has 0 radical (unpaired) electrons. The van der Waals surface area contributed by atoms with Crippen molar-refractivity contribution in [1.82, 2.24) is 14.5 Å². The SMILES string of the molecule is C=C1CC[C@]23OC(C)(C)O[C@H]2[C@H](n2cc(F)c4c(Cl)nc(C)nc42)O[C@H]13. The van der Waals surface area contributed by atoms with Crippen LogP contribution in [0.25, 0.3) is 11.0 Å². The van der Waals surface area contributed by atoms with Gasteiger partial charge in [0, 0.05) is 6.20 Å². The quantitative estimate of drug-likeness (QED) is 0.559. The molecule has 2 aromatic rings. The molecule has 2 aromatic heterocycles. The summed E-state index contributed by atoms with van der Waals surface area (Å²) >= 11 is 6.15. The predicted molar refractivity (Wildman–Crippen MR) is 92.3 cm³/mol. The number of aryl methyl sites for hydroxylation is 1. The van der Waals surface area contributed by atoms with Crippen LogP contribution in [0.3, 0.4) is 0 Å². The number of fused-ring (bicyclic) bond motifs is 1. The van der Waals surface area contributed by atoms with Crippen LogP contribution in [0, 0.1) is 12.7 Å². The van der Waals surface area contributed by atoms with Crippen LogP contribution in [-0.4, -0.2) is 38.1 Å². The Morgan fingerprint density at radius 3 is 2.92 bits per heavy atom. The van der Waals surface area contributed by atoms with E-state index in [4.69, 9.17) is 25.8 Å². The molecule has 0 unspecified atom stereocenters. The van der Waals surface area contributed by atoms with Crippen molar-refractivity contribution in [2.24, 2.45) is 0 Å². The molecule has 3 fully saturated rings. The number of hydrogen-bond donors (Lipinski definition) is 0. The second-order valence-corrected chi connectivity index (χ2v) is 8.06. The Morgan fingerprint density at radius 1 is 1.38 bits per heavy atom. The first-order chi connectivity index (χ1) is 12.2. The van der Waals surface area contributed by atoms with Crippen LogP contribution in [0.1, 0.15) is 38.7 Å². The number of halogens is 2. The second kappa shape index (κ2) is 5.04. The largest absolute Gasteiger partial charge is 0.344 e. The first kappa shape index (κ1) is 16.6. The van der Waals surface area contributed by atoms with Crippen molar-refractivity contribution in [2.75, 3.05) is 0 Å². The van der Waals surface area contributed by atoms with E-state index in [1.807, 2.05) is 13.8 Å². The first-order valence-corrected chi connectivity index (χ1v) is 9.01. The van der Waals surface area contributed by atoms with Crippen LogP contribution >= 0.6 is 11.6 Å². The van der Waals surface area contributed by atoms with E-state index < -0.39 is 29.5 Å². The minimum absolute atomic E-state index is 0.0879. The zero-order chi connectivity index (χ0) is 18.4. The fourth-order valence-corrected chi connectivity index (χ4v) is 4.89. The van der Waals surface area contributed by atoms with Crippen molar-refractivity contribution in [3.8, 4) is 0 Å². The Bertz CT molecular complexity index is 959. The van der Waals surface area contributed by atoms with Crippen LogP contribution < -0.4 is 0 Å². The van der Waals surface area contributed by atoms with Gasteiger partial charge in [0.25, 0.3) is 0 Å². The molecule has 2 aliphatic heterocycles. The number of rotatable bonds is 1. The molecule has 1 saturated carbocycles. The molecule has 3 aliphatic rings. The van der Waals surface area contributed by atoms with E-state index in [1.54, 1.807) is 11.5 Å². The summed E-state index contributed by atoms with van der Waals surface area (Å²) in [5.41, 5.74) is 0.753. The van der Waals surface area contributed by atoms with Crippen molar-refractivity contribution in [2.45, 2.75) is 63.4 Å². The Balaban J connectivity index is 1.68. The van der Waals surface area contributed by atoms with Gasteiger partial charge in [-0.15, -0.1) is 0 Å². The molecular weight excluding hydrogens is 361 g/mol. The van der Waals surface area contributed by atoms with Crippen molar-refractivity contribution >= 4 is 22.6 Å². The third kappa shape index (κ3) is 2.03. The lowest BCUT2D eigenvalue weighted by atomic mass is 9.94. The van der Waals surface area contributed by atoms with Crippen molar-refractivity contribution < 1.29 is 18.6 Å². The maximum atomic E-state index is 14.6. The standard InChI is InChI=1S/C18H19ClFN3O3/c1-8-5-6-18-12(8)24-16(13(18)25-17(3,4)26-18)23-7-10(20)11-14(19)21-9(2)22-15(11)23/h7,12-13,16H,1,5-6H2,2-4H3/t12-,13+,16-,18-/m1/s1. The number of aromatic nitrogens is 3. The van der Waals surface area contributed by atoms with Gasteiger partial charge in [0.2, 0.25) is 0 Å². The normalized spacial score (nSPS) is 35.3. The molecule has 8 heteroatoms. The molecule has 2 saturated heterocycles. The molecule has 0 bridgehead atoms. The molecule has 4 heterocycles. The highest BCUT2D eigenvalue weighted by Gasteiger charge is 2.69. The fraction of sp³-hybridized carbons (Fsp3) is 0.556. The van der Waals surface area contributed by atoms with Gasteiger partial charge < -0.3 is 18.8 Å². The van der Waals surface area contributed by atoms with E-state index in [0.29, 0.717) is 11.5 Å².